The second-order valence-corrected chi connectivity index (χ2v) is 7.30. The smallest absolute Gasteiger partial charge is 0.189 e. The number of ketones is 2. The summed E-state index contributed by atoms with van der Waals surface area (Å²) in [5.41, 5.74) is 3.75. The molecule has 2 aliphatic carbocycles. The molecule has 0 aromatic heterocycles. The topological polar surface area (TPSA) is 52.6 Å². The van der Waals surface area contributed by atoms with E-state index in [2.05, 4.69) is 0 Å². The third-order valence-corrected chi connectivity index (χ3v) is 5.01. The Kier molecular flexibility index (Phi) is 5.30. The SMILES string of the molecule is CC1=CC(=O)c2c(cccc2OCC(F)COc2cccc3c2C(=O)C=CC3)C1. The lowest BCUT2D eigenvalue weighted by Gasteiger charge is -2.19. The molecule has 0 aliphatic heterocycles. The Morgan fingerprint density at radius 3 is 2.24 bits per heavy atom. The number of benzene rings is 2. The number of carbonyl (C=O) groups excluding carboxylic acids is 2. The van der Waals surface area contributed by atoms with Gasteiger partial charge in [-0.1, -0.05) is 35.9 Å². The first-order valence-electron chi connectivity index (χ1n) is 9.58. The van der Waals surface area contributed by atoms with Crippen molar-refractivity contribution in [1.82, 2.24) is 0 Å². The Bertz CT molecular complexity index is 1040. The number of allylic oxidation sites excluding steroid dienone is 4. The van der Waals surface area contributed by atoms with Gasteiger partial charge in [0.25, 0.3) is 0 Å². The third-order valence-electron chi connectivity index (χ3n) is 5.01. The molecule has 0 saturated carbocycles. The van der Waals surface area contributed by atoms with Gasteiger partial charge in [0.1, 0.15) is 24.7 Å². The van der Waals surface area contributed by atoms with Gasteiger partial charge in [-0.3, -0.25) is 9.59 Å². The van der Waals surface area contributed by atoms with Gasteiger partial charge in [-0.05, 0) is 55.2 Å². The van der Waals surface area contributed by atoms with E-state index in [0.29, 0.717) is 35.5 Å². The molecule has 0 N–H and O–H groups in total. The fourth-order valence-electron chi connectivity index (χ4n) is 3.70. The summed E-state index contributed by atoms with van der Waals surface area (Å²) in [6, 6.07) is 10.7. The molecule has 148 valence electrons. The zero-order valence-electron chi connectivity index (χ0n) is 16.1. The van der Waals surface area contributed by atoms with Gasteiger partial charge >= 0.3 is 0 Å². The zero-order chi connectivity index (χ0) is 20.4. The Labute approximate surface area is 168 Å². The zero-order valence-corrected chi connectivity index (χ0v) is 16.1. The molecule has 0 radical (unpaired) electrons. The van der Waals surface area contributed by atoms with Gasteiger partial charge in [0, 0.05) is 0 Å². The van der Waals surface area contributed by atoms with Crippen molar-refractivity contribution in [3.63, 3.8) is 0 Å². The summed E-state index contributed by atoms with van der Waals surface area (Å²) in [5, 5.41) is 0. The van der Waals surface area contributed by atoms with E-state index >= 15 is 0 Å². The van der Waals surface area contributed by atoms with Crippen LogP contribution in [-0.4, -0.2) is 31.0 Å². The molecule has 4 nitrogen and oxygen atoms in total. The maximum absolute atomic E-state index is 14.4. The van der Waals surface area contributed by atoms with Crippen molar-refractivity contribution in [3.05, 3.63) is 82.5 Å². The molecule has 2 aromatic carbocycles. The van der Waals surface area contributed by atoms with Crippen LogP contribution in [0.5, 0.6) is 11.5 Å². The predicted molar refractivity (Wildman–Crippen MR) is 108 cm³/mol. The first kappa shape index (κ1) is 19.1. The summed E-state index contributed by atoms with van der Waals surface area (Å²) in [4.78, 5) is 24.5. The van der Waals surface area contributed by atoms with Crippen LogP contribution in [0.3, 0.4) is 0 Å². The van der Waals surface area contributed by atoms with Gasteiger partial charge in [0.15, 0.2) is 17.7 Å². The lowest BCUT2D eigenvalue weighted by atomic mass is 9.91. The second kappa shape index (κ2) is 8.03. The number of fused-ring (bicyclic) bond motifs is 2. The van der Waals surface area contributed by atoms with E-state index < -0.39 is 6.17 Å². The minimum absolute atomic E-state index is 0.117. The second-order valence-electron chi connectivity index (χ2n) is 7.30. The highest BCUT2D eigenvalue weighted by atomic mass is 19.1. The summed E-state index contributed by atoms with van der Waals surface area (Å²) in [6.07, 6.45) is 4.83. The van der Waals surface area contributed by atoms with E-state index in [4.69, 9.17) is 9.47 Å². The maximum Gasteiger partial charge on any atom is 0.189 e. The summed E-state index contributed by atoms with van der Waals surface area (Å²) in [7, 11) is 0. The Balaban J connectivity index is 1.40. The van der Waals surface area contributed by atoms with Crippen molar-refractivity contribution in [2.45, 2.75) is 25.9 Å². The third kappa shape index (κ3) is 3.99. The van der Waals surface area contributed by atoms with Crippen LogP contribution in [-0.2, 0) is 12.8 Å². The standard InChI is InChI=1S/C24H21FO4/c1-15-11-17-7-4-10-22(24(17)20(27)12-15)29-14-18(25)13-28-21-9-3-6-16-5-2-8-19(26)23(16)21/h2-4,6-10,12,18H,5,11,13-14H2,1H3. The lowest BCUT2D eigenvalue weighted by Crippen LogP contribution is -2.23. The monoisotopic (exact) mass is 392 g/mol. The summed E-state index contributed by atoms with van der Waals surface area (Å²) in [5.74, 6) is 0.517. The van der Waals surface area contributed by atoms with Gasteiger partial charge in [-0.15, -0.1) is 0 Å². The van der Waals surface area contributed by atoms with E-state index in [-0.39, 0.29) is 24.8 Å². The van der Waals surface area contributed by atoms with Crippen LogP contribution >= 0.6 is 0 Å². The van der Waals surface area contributed by atoms with Gasteiger partial charge in [-0.2, -0.15) is 0 Å². The van der Waals surface area contributed by atoms with Crippen molar-refractivity contribution in [2.24, 2.45) is 0 Å². The number of halogens is 1. The molecule has 0 saturated heterocycles. The maximum atomic E-state index is 14.4. The van der Waals surface area contributed by atoms with Gasteiger partial charge in [-0.25, -0.2) is 4.39 Å². The van der Waals surface area contributed by atoms with Crippen LogP contribution in [0.4, 0.5) is 4.39 Å². The summed E-state index contributed by atoms with van der Waals surface area (Å²) in [6.45, 7) is 1.43. The number of hydrogen-bond acceptors (Lipinski definition) is 4. The predicted octanol–water partition coefficient (Wildman–Crippen LogP) is 4.46. The molecule has 0 amide bonds. The van der Waals surface area contributed by atoms with Crippen molar-refractivity contribution >= 4 is 11.6 Å². The number of ether oxygens (including phenoxy) is 2. The highest BCUT2D eigenvalue weighted by Gasteiger charge is 2.22. The molecular formula is C24H21FO4. The quantitative estimate of drug-likeness (QED) is 0.728. The molecule has 0 spiro atoms. The molecule has 2 aliphatic rings. The molecule has 2 aromatic rings. The van der Waals surface area contributed by atoms with Crippen LogP contribution < -0.4 is 9.47 Å². The molecule has 4 rings (SSSR count). The van der Waals surface area contributed by atoms with Gasteiger partial charge in [0.2, 0.25) is 0 Å². The molecule has 29 heavy (non-hydrogen) atoms. The number of hydrogen-bond donors (Lipinski definition) is 0. The fourth-order valence-corrected chi connectivity index (χ4v) is 3.70. The highest BCUT2D eigenvalue weighted by molar-refractivity contribution is 6.09. The van der Waals surface area contributed by atoms with Gasteiger partial charge in [0.05, 0.1) is 11.1 Å². The number of alkyl halides is 1. The van der Waals surface area contributed by atoms with E-state index in [9.17, 15) is 14.0 Å². The van der Waals surface area contributed by atoms with Crippen molar-refractivity contribution in [2.75, 3.05) is 13.2 Å². The van der Waals surface area contributed by atoms with Crippen LogP contribution in [0.15, 0.2) is 60.2 Å². The average molecular weight is 392 g/mol. The van der Waals surface area contributed by atoms with E-state index in [1.165, 1.54) is 6.08 Å². The van der Waals surface area contributed by atoms with Crippen molar-refractivity contribution in [1.29, 1.82) is 0 Å². The Morgan fingerprint density at radius 1 is 0.931 bits per heavy atom. The Morgan fingerprint density at radius 2 is 1.55 bits per heavy atom. The number of rotatable bonds is 6. The molecule has 0 fully saturated rings. The minimum atomic E-state index is -1.41. The van der Waals surface area contributed by atoms with Gasteiger partial charge < -0.3 is 9.47 Å². The normalized spacial score (nSPS) is 16.0. The molecular weight excluding hydrogens is 371 g/mol. The van der Waals surface area contributed by atoms with Crippen LogP contribution in [0, 0.1) is 0 Å². The largest absolute Gasteiger partial charge is 0.490 e. The molecule has 5 heteroatoms. The average Bonchev–Trinajstić information content (AvgIpc) is 2.70. The van der Waals surface area contributed by atoms with Crippen LogP contribution in [0.1, 0.15) is 38.8 Å². The minimum Gasteiger partial charge on any atom is -0.490 e. The molecule has 0 heterocycles. The lowest BCUT2D eigenvalue weighted by molar-refractivity contribution is 0.103. The van der Waals surface area contributed by atoms with E-state index in [1.807, 2.05) is 19.1 Å². The number of carbonyl (C=O) groups is 2. The molecule has 1 unspecified atom stereocenters. The molecule has 0 bridgehead atoms. The molecule has 1 atom stereocenters. The van der Waals surface area contributed by atoms with Crippen molar-refractivity contribution < 1.29 is 23.5 Å². The fraction of sp³-hybridized carbons (Fsp3) is 0.250. The van der Waals surface area contributed by atoms with E-state index in [1.54, 1.807) is 36.4 Å². The first-order chi connectivity index (χ1) is 14.0. The first-order valence-corrected chi connectivity index (χ1v) is 9.58. The van der Waals surface area contributed by atoms with Crippen LogP contribution in [0.25, 0.3) is 0 Å². The van der Waals surface area contributed by atoms with Crippen LogP contribution in [0.2, 0.25) is 0 Å². The highest BCUT2D eigenvalue weighted by Crippen LogP contribution is 2.30. The summed E-state index contributed by atoms with van der Waals surface area (Å²) >= 11 is 0. The van der Waals surface area contributed by atoms with Crippen molar-refractivity contribution in [3.8, 4) is 11.5 Å². The van der Waals surface area contributed by atoms with E-state index in [0.717, 1.165) is 16.7 Å². The Hall–Kier alpha value is -3.21. The summed E-state index contributed by atoms with van der Waals surface area (Å²) < 4.78 is 25.6.